The van der Waals surface area contributed by atoms with Gasteiger partial charge >= 0.3 is 0 Å². The molecule has 0 saturated heterocycles. The van der Waals surface area contributed by atoms with Crippen molar-refractivity contribution in [2.75, 3.05) is 7.11 Å². The van der Waals surface area contributed by atoms with Gasteiger partial charge in [0.1, 0.15) is 5.75 Å². The van der Waals surface area contributed by atoms with Gasteiger partial charge in [-0.2, -0.15) is 0 Å². The second kappa shape index (κ2) is 6.94. The molecule has 0 saturated carbocycles. The van der Waals surface area contributed by atoms with Gasteiger partial charge in [-0.1, -0.05) is 17.7 Å². The lowest BCUT2D eigenvalue weighted by molar-refractivity contribution is 0.161. The van der Waals surface area contributed by atoms with E-state index in [-0.39, 0.29) is 0 Å². The molecule has 2 rings (SSSR count). The Morgan fingerprint density at radius 3 is 2.89 bits per heavy atom. The molecule has 1 unspecified atom stereocenters. The monoisotopic (exact) mass is 296 g/mol. The van der Waals surface area contributed by atoms with Gasteiger partial charge in [0, 0.05) is 15.5 Å². The number of thiophene rings is 1. The summed E-state index contributed by atoms with van der Waals surface area (Å²) in [6, 6.07) is 9.51. The number of aliphatic hydroxyl groups is 1. The van der Waals surface area contributed by atoms with Crippen molar-refractivity contribution in [3.05, 3.63) is 51.2 Å². The number of ether oxygens (including phenoxy) is 1. The van der Waals surface area contributed by atoms with Gasteiger partial charge in [0.2, 0.25) is 0 Å². The summed E-state index contributed by atoms with van der Waals surface area (Å²) in [5.41, 5.74) is 0.765. The van der Waals surface area contributed by atoms with Gasteiger partial charge in [-0.15, -0.1) is 11.3 Å². The zero-order valence-electron chi connectivity index (χ0n) is 10.8. The molecule has 0 bridgehead atoms. The number of hydrogen-bond acceptors (Lipinski definition) is 3. The topological polar surface area (TPSA) is 29.5 Å². The molecular weight excluding hydrogens is 280 g/mol. The fourth-order valence-electron chi connectivity index (χ4n) is 2.05. The lowest BCUT2D eigenvalue weighted by atomic mass is 10.0. The molecule has 1 N–H and O–H groups in total. The van der Waals surface area contributed by atoms with Crippen LogP contribution in [-0.4, -0.2) is 12.2 Å². The van der Waals surface area contributed by atoms with Crippen molar-refractivity contribution in [1.82, 2.24) is 0 Å². The fraction of sp³-hybridized carbons (Fsp3) is 0.333. The average Bonchev–Trinajstić information content (AvgIpc) is 2.91. The fourth-order valence-corrected chi connectivity index (χ4v) is 2.98. The van der Waals surface area contributed by atoms with Gasteiger partial charge in [0.15, 0.2) is 0 Å². The first-order valence-electron chi connectivity index (χ1n) is 6.24. The van der Waals surface area contributed by atoms with Crippen LogP contribution in [0.3, 0.4) is 0 Å². The molecule has 4 heteroatoms. The standard InChI is InChI=1S/C15H17ClO2S/c1-18-15-8-7-11(16)10-13(15)14(17)6-2-4-12-5-3-9-19-12/h3,5,7-10,14,17H,2,4,6H2,1H3. The molecule has 0 aliphatic carbocycles. The van der Waals surface area contributed by atoms with E-state index in [1.165, 1.54) is 4.88 Å². The van der Waals surface area contributed by atoms with Gasteiger partial charge in [-0.3, -0.25) is 0 Å². The van der Waals surface area contributed by atoms with Gasteiger partial charge in [0.05, 0.1) is 13.2 Å². The predicted molar refractivity (Wildman–Crippen MR) is 80.2 cm³/mol. The third-order valence-corrected chi connectivity index (χ3v) is 4.20. The second-order valence-electron chi connectivity index (χ2n) is 4.37. The normalized spacial score (nSPS) is 12.4. The van der Waals surface area contributed by atoms with Gasteiger partial charge in [-0.05, 0) is 48.9 Å². The third-order valence-electron chi connectivity index (χ3n) is 3.03. The molecule has 0 spiro atoms. The van der Waals surface area contributed by atoms with Crippen LogP contribution in [-0.2, 0) is 6.42 Å². The quantitative estimate of drug-likeness (QED) is 0.852. The summed E-state index contributed by atoms with van der Waals surface area (Å²) in [7, 11) is 1.60. The van der Waals surface area contributed by atoms with Crippen LogP contribution >= 0.6 is 22.9 Å². The van der Waals surface area contributed by atoms with E-state index in [9.17, 15) is 5.11 Å². The van der Waals surface area contributed by atoms with Crippen molar-refractivity contribution >= 4 is 22.9 Å². The molecule has 19 heavy (non-hydrogen) atoms. The van der Waals surface area contributed by atoms with E-state index in [0.29, 0.717) is 17.2 Å². The van der Waals surface area contributed by atoms with E-state index >= 15 is 0 Å². The van der Waals surface area contributed by atoms with E-state index < -0.39 is 6.10 Å². The van der Waals surface area contributed by atoms with Crippen LogP contribution in [0.25, 0.3) is 0 Å². The predicted octanol–water partition coefficient (Wildman–Crippen LogP) is 4.47. The third kappa shape index (κ3) is 3.96. The Morgan fingerprint density at radius 2 is 2.21 bits per heavy atom. The van der Waals surface area contributed by atoms with Crippen LogP contribution in [0.2, 0.25) is 5.02 Å². The van der Waals surface area contributed by atoms with E-state index in [4.69, 9.17) is 16.3 Å². The summed E-state index contributed by atoms with van der Waals surface area (Å²) in [6.07, 6.45) is 2.11. The van der Waals surface area contributed by atoms with Crippen molar-refractivity contribution in [3.63, 3.8) is 0 Å². The van der Waals surface area contributed by atoms with E-state index in [1.54, 1.807) is 36.6 Å². The average molecular weight is 297 g/mol. The molecule has 1 atom stereocenters. The van der Waals surface area contributed by atoms with Crippen molar-refractivity contribution in [2.24, 2.45) is 0 Å². The maximum atomic E-state index is 10.3. The van der Waals surface area contributed by atoms with E-state index in [1.807, 2.05) is 0 Å². The van der Waals surface area contributed by atoms with E-state index in [0.717, 1.165) is 18.4 Å². The Balaban J connectivity index is 1.95. The minimum Gasteiger partial charge on any atom is -0.496 e. The molecule has 0 fully saturated rings. The summed E-state index contributed by atoms with van der Waals surface area (Å²) in [4.78, 5) is 1.35. The number of methoxy groups -OCH3 is 1. The Labute approximate surface area is 122 Å². The first-order chi connectivity index (χ1) is 9.20. The smallest absolute Gasteiger partial charge is 0.124 e. The summed E-state index contributed by atoms with van der Waals surface area (Å²) in [5.74, 6) is 0.688. The molecule has 0 radical (unpaired) electrons. The van der Waals surface area contributed by atoms with E-state index in [2.05, 4.69) is 17.5 Å². The lowest BCUT2D eigenvalue weighted by Crippen LogP contribution is -2.01. The zero-order valence-corrected chi connectivity index (χ0v) is 12.4. The zero-order chi connectivity index (χ0) is 13.7. The number of hydrogen-bond donors (Lipinski definition) is 1. The maximum Gasteiger partial charge on any atom is 0.124 e. The van der Waals surface area contributed by atoms with Crippen LogP contribution in [0.4, 0.5) is 0 Å². The first-order valence-corrected chi connectivity index (χ1v) is 7.50. The van der Waals surface area contributed by atoms with Gasteiger partial charge < -0.3 is 9.84 Å². The molecule has 2 aromatic rings. The lowest BCUT2D eigenvalue weighted by Gasteiger charge is -2.15. The van der Waals surface area contributed by atoms with Crippen molar-refractivity contribution < 1.29 is 9.84 Å². The van der Waals surface area contributed by atoms with Crippen LogP contribution in [0.5, 0.6) is 5.75 Å². The van der Waals surface area contributed by atoms with Crippen LogP contribution < -0.4 is 4.74 Å². The number of aryl methyl sites for hydroxylation is 1. The molecule has 102 valence electrons. The molecular formula is C15H17ClO2S. The Hall–Kier alpha value is -1.03. The maximum absolute atomic E-state index is 10.3. The summed E-state index contributed by atoms with van der Waals surface area (Å²) >= 11 is 7.72. The van der Waals surface area contributed by atoms with Crippen LogP contribution in [0.15, 0.2) is 35.7 Å². The van der Waals surface area contributed by atoms with Crippen LogP contribution in [0.1, 0.15) is 29.4 Å². The highest BCUT2D eigenvalue weighted by Crippen LogP contribution is 2.31. The van der Waals surface area contributed by atoms with Crippen molar-refractivity contribution in [1.29, 1.82) is 0 Å². The van der Waals surface area contributed by atoms with Crippen LogP contribution in [0, 0.1) is 0 Å². The molecule has 0 amide bonds. The molecule has 1 aromatic heterocycles. The van der Waals surface area contributed by atoms with Crippen molar-refractivity contribution in [2.45, 2.75) is 25.4 Å². The number of halogens is 1. The Morgan fingerprint density at radius 1 is 1.37 bits per heavy atom. The minimum absolute atomic E-state index is 0.534. The Bertz CT molecular complexity index is 511. The first kappa shape index (κ1) is 14.4. The molecule has 2 nitrogen and oxygen atoms in total. The highest BCUT2D eigenvalue weighted by Gasteiger charge is 2.13. The highest BCUT2D eigenvalue weighted by molar-refractivity contribution is 7.09. The SMILES string of the molecule is COc1ccc(Cl)cc1C(O)CCCc1cccs1. The number of rotatable bonds is 6. The summed E-state index contributed by atoms with van der Waals surface area (Å²) < 4.78 is 5.26. The number of aliphatic hydroxyl groups excluding tert-OH is 1. The molecule has 1 aromatic carbocycles. The molecule has 0 aliphatic heterocycles. The number of benzene rings is 1. The van der Waals surface area contributed by atoms with Gasteiger partial charge in [-0.25, -0.2) is 0 Å². The summed E-state index contributed by atoms with van der Waals surface area (Å²) in [6.45, 7) is 0. The largest absolute Gasteiger partial charge is 0.496 e. The highest BCUT2D eigenvalue weighted by atomic mass is 35.5. The molecule has 1 heterocycles. The van der Waals surface area contributed by atoms with Crippen molar-refractivity contribution in [3.8, 4) is 5.75 Å². The minimum atomic E-state index is -0.534. The second-order valence-corrected chi connectivity index (χ2v) is 5.84. The Kier molecular flexibility index (Phi) is 5.25. The van der Waals surface area contributed by atoms with Gasteiger partial charge in [0.25, 0.3) is 0 Å². The molecule has 0 aliphatic rings. The summed E-state index contributed by atoms with van der Waals surface area (Å²) in [5, 5.41) is 12.9.